The lowest BCUT2D eigenvalue weighted by atomic mass is 9.91. The van der Waals surface area contributed by atoms with Crippen LogP contribution in [0, 0.1) is 11.8 Å². The molecule has 0 aromatic heterocycles. The molecule has 20 heavy (non-hydrogen) atoms. The van der Waals surface area contributed by atoms with Gasteiger partial charge in [-0.05, 0) is 38.0 Å². The number of carbonyl (C=O) groups is 2. The van der Waals surface area contributed by atoms with Crippen LogP contribution in [0.25, 0.3) is 0 Å². The first kappa shape index (κ1) is 15.3. The van der Waals surface area contributed by atoms with E-state index >= 15 is 0 Å². The van der Waals surface area contributed by atoms with Gasteiger partial charge in [0.05, 0.1) is 0 Å². The number of nitrogens with one attached hydrogen (secondary N) is 1. The van der Waals surface area contributed by atoms with Gasteiger partial charge in [0.15, 0.2) is 0 Å². The molecule has 3 atom stereocenters. The smallest absolute Gasteiger partial charge is 0.246 e. The van der Waals surface area contributed by atoms with Gasteiger partial charge in [0.2, 0.25) is 11.8 Å². The highest BCUT2D eigenvalue weighted by Crippen LogP contribution is 2.33. The standard InChI is InChI=1S/C16H28N2O2/c1-5-13-15(19)17-14(10(2)3)16(20)18(13)11(4)12-8-6-7-9-12/h10-14H,5-9H2,1-4H3,(H,17,19). The van der Waals surface area contributed by atoms with E-state index in [-0.39, 0.29) is 35.9 Å². The number of hydrogen-bond acceptors (Lipinski definition) is 2. The molecule has 1 saturated carbocycles. The summed E-state index contributed by atoms with van der Waals surface area (Å²) in [6.07, 6.45) is 5.59. The van der Waals surface area contributed by atoms with Crippen molar-refractivity contribution in [3.05, 3.63) is 0 Å². The molecule has 1 aliphatic heterocycles. The Bertz CT molecular complexity index is 375. The highest BCUT2D eigenvalue weighted by atomic mass is 16.2. The monoisotopic (exact) mass is 280 g/mol. The van der Waals surface area contributed by atoms with Crippen molar-refractivity contribution in [2.24, 2.45) is 11.8 Å². The average Bonchev–Trinajstić information content (AvgIpc) is 2.93. The molecule has 2 aliphatic rings. The van der Waals surface area contributed by atoms with Crippen molar-refractivity contribution in [2.45, 2.75) is 77.9 Å². The minimum absolute atomic E-state index is 0.0237. The minimum Gasteiger partial charge on any atom is -0.342 e. The molecular weight excluding hydrogens is 252 g/mol. The van der Waals surface area contributed by atoms with Crippen LogP contribution in [0.4, 0.5) is 0 Å². The molecule has 1 aliphatic carbocycles. The van der Waals surface area contributed by atoms with Crippen LogP contribution >= 0.6 is 0 Å². The van der Waals surface area contributed by atoms with E-state index in [1.807, 2.05) is 25.7 Å². The number of carbonyl (C=O) groups excluding carboxylic acids is 2. The molecule has 0 radical (unpaired) electrons. The second kappa shape index (κ2) is 6.15. The molecule has 114 valence electrons. The molecule has 0 aromatic carbocycles. The molecule has 1 N–H and O–H groups in total. The number of rotatable bonds is 4. The van der Waals surface area contributed by atoms with E-state index in [0.29, 0.717) is 12.3 Å². The third-order valence-corrected chi connectivity index (χ3v) is 5.03. The predicted octanol–water partition coefficient (Wildman–Crippen LogP) is 2.33. The molecule has 0 aromatic rings. The van der Waals surface area contributed by atoms with Crippen LogP contribution < -0.4 is 5.32 Å². The highest BCUT2D eigenvalue weighted by Gasteiger charge is 2.44. The van der Waals surface area contributed by atoms with E-state index in [4.69, 9.17) is 0 Å². The summed E-state index contributed by atoms with van der Waals surface area (Å²) >= 11 is 0. The van der Waals surface area contributed by atoms with Crippen LogP contribution in [-0.2, 0) is 9.59 Å². The quantitative estimate of drug-likeness (QED) is 0.859. The maximum absolute atomic E-state index is 12.8. The van der Waals surface area contributed by atoms with Crippen LogP contribution in [0.1, 0.15) is 59.8 Å². The third kappa shape index (κ3) is 2.70. The Morgan fingerprint density at radius 1 is 1.20 bits per heavy atom. The summed E-state index contributed by atoms with van der Waals surface area (Å²) in [4.78, 5) is 27.0. The van der Waals surface area contributed by atoms with Gasteiger partial charge in [0.1, 0.15) is 12.1 Å². The van der Waals surface area contributed by atoms with E-state index in [1.165, 1.54) is 25.7 Å². The van der Waals surface area contributed by atoms with Gasteiger partial charge in [0.25, 0.3) is 0 Å². The van der Waals surface area contributed by atoms with Crippen molar-refractivity contribution in [1.82, 2.24) is 10.2 Å². The summed E-state index contributed by atoms with van der Waals surface area (Å²) in [6, 6.07) is -0.454. The van der Waals surface area contributed by atoms with Crippen molar-refractivity contribution in [3.8, 4) is 0 Å². The first-order chi connectivity index (χ1) is 9.47. The molecule has 3 unspecified atom stereocenters. The molecular formula is C16H28N2O2. The summed E-state index contributed by atoms with van der Waals surface area (Å²) < 4.78 is 0. The molecule has 4 heteroatoms. The van der Waals surface area contributed by atoms with Crippen LogP contribution in [-0.4, -0.2) is 34.8 Å². The fraction of sp³-hybridized carbons (Fsp3) is 0.875. The van der Waals surface area contributed by atoms with E-state index in [1.54, 1.807) is 0 Å². The first-order valence-electron chi connectivity index (χ1n) is 8.09. The van der Waals surface area contributed by atoms with Gasteiger partial charge in [-0.2, -0.15) is 0 Å². The number of hydrogen-bond donors (Lipinski definition) is 1. The molecule has 1 saturated heterocycles. The molecule has 2 rings (SSSR count). The van der Waals surface area contributed by atoms with Crippen LogP contribution in [0.2, 0.25) is 0 Å². The number of nitrogens with zero attached hydrogens (tertiary/aromatic N) is 1. The Morgan fingerprint density at radius 2 is 1.80 bits per heavy atom. The fourth-order valence-corrected chi connectivity index (χ4v) is 3.74. The largest absolute Gasteiger partial charge is 0.342 e. The summed E-state index contributed by atoms with van der Waals surface area (Å²) in [7, 11) is 0. The Labute approximate surface area is 122 Å². The van der Waals surface area contributed by atoms with Gasteiger partial charge in [-0.1, -0.05) is 33.6 Å². The zero-order chi connectivity index (χ0) is 14.9. The lowest BCUT2D eigenvalue weighted by molar-refractivity contribution is -0.154. The Morgan fingerprint density at radius 3 is 2.30 bits per heavy atom. The van der Waals surface area contributed by atoms with Crippen LogP contribution in [0.15, 0.2) is 0 Å². The van der Waals surface area contributed by atoms with Gasteiger partial charge in [-0.25, -0.2) is 0 Å². The zero-order valence-electron chi connectivity index (χ0n) is 13.2. The molecule has 2 fully saturated rings. The fourth-order valence-electron chi connectivity index (χ4n) is 3.74. The van der Waals surface area contributed by atoms with Gasteiger partial charge in [0, 0.05) is 6.04 Å². The van der Waals surface area contributed by atoms with E-state index < -0.39 is 0 Å². The SMILES string of the molecule is CCC1C(=O)NC(C(C)C)C(=O)N1C(C)C1CCCC1. The summed E-state index contributed by atoms with van der Waals surface area (Å²) in [5.74, 6) is 0.843. The maximum Gasteiger partial charge on any atom is 0.246 e. The van der Waals surface area contributed by atoms with Crippen LogP contribution in [0.5, 0.6) is 0 Å². The van der Waals surface area contributed by atoms with E-state index in [2.05, 4.69) is 12.2 Å². The first-order valence-corrected chi connectivity index (χ1v) is 8.09. The van der Waals surface area contributed by atoms with Gasteiger partial charge in [-0.3, -0.25) is 9.59 Å². The van der Waals surface area contributed by atoms with Gasteiger partial charge in [-0.15, -0.1) is 0 Å². The summed E-state index contributed by atoms with van der Waals surface area (Å²) in [6.45, 7) is 8.11. The zero-order valence-corrected chi connectivity index (χ0v) is 13.2. The predicted molar refractivity (Wildman–Crippen MR) is 79.1 cm³/mol. The van der Waals surface area contributed by atoms with Gasteiger partial charge < -0.3 is 10.2 Å². The highest BCUT2D eigenvalue weighted by molar-refractivity contribution is 5.97. The topological polar surface area (TPSA) is 49.4 Å². The van der Waals surface area contributed by atoms with Gasteiger partial charge >= 0.3 is 0 Å². The van der Waals surface area contributed by atoms with E-state index in [0.717, 1.165) is 0 Å². The molecule has 1 heterocycles. The van der Waals surface area contributed by atoms with Crippen molar-refractivity contribution < 1.29 is 9.59 Å². The summed E-state index contributed by atoms with van der Waals surface area (Å²) in [5.41, 5.74) is 0. The number of amides is 2. The molecule has 4 nitrogen and oxygen atoms in total. The van der Waals surface area contributed by atoms with Crippen LogP contribution in [0.3, 0.4) is 0 Å². The normalized spacial score (nSPS) is 29.9. The van der Waals surface area contributed by atoms with Crippen molar-refractivity contribution in [1.29, 1.82) is 0 Å². The van der Waals surface area contributed by atoms with Crippen molar-refractivity contribution >= 4 is 11.8 Å². The second-order valence-corrected chi connectivity index (χ2v) is 6.68. The average molecular weight is 280 g/mol. The lowest BCUT2D eigenvalue weighted by Gasteiger charge is -2.45. The second-order valence-electron chi connectivity index (χ2n) is 6.68. The van der Waals surface area contributed by atoms with E-state index in [9.17, 15) is 9.59 Å². The maximum atomic E-state index is 12.8. The number of piperazine rings is 1. The minimum atomic E-state index is -0.353. The lowest BCUT2D eigenvalue weighted by Crippen LogP contribution is -2.67. The molecule has 0 spiro atoms. The Kier molecular flexibility index (Phi) is 4.71. The Hall–Kier alpha value is -1.06. The van der Waals surface area contributed by atoms with Crippen molar-refractivity contribution in [2.75, 3.05) is 0 Å². The molecule has 2 amide bonds. The third-order valence-electron chi connectivity index (χ3n) is 5.03. The molecule has 0 bridgehead atoms. The Balaban J connectivity index is 2.23. The summed E-state index contributed by atoms with van der Waals surface area (Å²) in [5, 5.41) is 2.91. The van der Waals surface area contributed by atoms with Crippen molar-refractivity contribution in [3.63, 3.8) is 0 Å².